The molecule has 1 saturated heterocycles. The van der Waals surface area contributed by atoms with Crippen LogP contribution in [0.15, 0.2) is 78.9 Å². The van der Waals surface area contributed by atoms with Crippen molar-refractivity contribution in [3.8, 4) is 5.75 Å². The van der Waals surface area contributed by atoms with E-state index in [1.165, 1.54) is 0 Å². The summed E-state index contributed by atoms with van der Waals surface area (Å²) in [6.45, 7) is 1.23. The van der Waals surface area contributed by atoms with Crippen molar-refractivity contribution in [2.45, 2.75) is 6.04 Å². The number of carbonyl (C=O) groups is 1. The van der Waals surface area contributed by atoms with Gasteiger partial charge in [-0.3, -0.25) is 9.80 Å². The van der Waals surface area contributed by atoms with Gasteiger partial charge in [-0.2, -0.15) is 0 Å². The largest absolute Gasteiger partial charge is 0.493 e. The molecular formula is C25H25N3O2. The molecule has 0 aliphatic carbocycles. The highest BCUT2D eigenvalue weighted by atomic mass is 16.5. The number of carbonyl (C=O) groups excluding carboxylic acids is 1. The molecule has 5 nitrogen and oxygen atoms in total. The van der Waals surface area contributed by atoms with E-state index >= 15 is 0 Å². The normalized spacial score (nSPS) is 19.7. The number of ether oxygens (including phenoxy) is 1. The SMILES string of the molecule is CN(C)c1cccc(C(=O)N2C[C@@H]3COc4ccccc4[C@@H]3N2c2ccccc2)c1. The fourth-order valence-electron chi connectivity index (χ4n) is 4.47. The lowest BCUT2D eigenvalue weighted by Gasteiger charge is -2.37. The molecule has 1 amide bonds. The van der Waals surface area contributed by atoms with Gasteiger partial charge in [0.25, 0.3) is 5.91 Å². The van der Waals surface area contributed by atoms with Crippen LogP contribution in [-0.2, 0) is 0 Å². The van der Waals surface area contributed by atoms with Gasteiger partial charge in [0, 0.05) is 36.8 Å². The van der Waals surface area contributed by atoms with Crippen LogP contribution in [0.1, 0.15) is 22.0 Å². The minimum Gasteiger partial charge on any atom is -0.493 e. The number of benzene rings is 3. The maximum Gasteiger partial charge on any atom is 0.272 e. The van der Waals surface area contributed by atoms with Crippen LogP contribution in [0.2, 0.25) is 0 Å². The van der Waals surface area contributed by atoms with Crippen LogP contribution >= 0.6 is 0 Å². The van der Waals surface area contributed by atoms with E-state index in [1.54, 1.807) is 0 Å². The molecule has 1 fully saturated rings. The van der Waals surface area contributed by atoms with Crippen LogP contribution in [0.4, 0.5) is 11.4 Å². The molecule has 0 unspecified atom stereocenters. The van der Waals surface area contributed by atoms with Crippen molar-refractivity contribution in [2.24, 2.45) is 5.92 Å². The first-order valence-corrected chi connectivity index (χ1v) is 10.3. The number of anilines is 2. The highest BCUT2D eigenvalue weighted by molar-refractivity contribution is 5.96. The Morgan fingerprint density at radius 2 is 1.73 bits per heavy atom. The number of hydrazine groups is 1. The van der Waals surface area contributed by atoms with Gasteiger partial charge in [-0.1, -0.05) is 42.5 Å². The minimum absolute atomic E-state index is 0.00874. The van der Waals surface area contributed by atoms with Crippen LogP contribution in [0.5, 0.6) is 5.75 Å². The number of amides is 1. The first-order chi connectivity index (χ1) is 14.6. The Bertz CT molecular complexity index is 1070. The lowest BCUT2D eigenvalue weighted by atomic mass is 9.91. The summed E-state index contributed by atoms with van der Waals surface area (Å²) in [6.07, 6.45) is 0. The van der Waals surface area contributed by atoms with Gasteiger partial charge in [0.1, 0.15) is 5.75 Å². The summed E-state index contributed by atoms with van der Waals surface area (Å²) in [5.41, 5.74) is 3.85. The van der Waals surface area contributed by atoms with Gasteiger partial charge in [0.05, 0.1) is 24.9 Å². The van der Waals surface area contributed by atoms with E-state index < -0.39 is 0 Å². The molecule has 3 aromatic rings. The van der Waals surface area contributed by atoms with Crippen LogP contribution < -0.4 is 14.6 Å². The van der Waals surface area contributed by atoms with E-state index in [9.17, 15) is 4.79 Å². The summed E-state index contributed by atoms with van der Waals surface area (Å²) >= 11 is 0. The molecule has 0 saturated carbocycles. The monoisotopic (exact) mass is 399 g/mol. The molecule has 2 heterocycles. The molecule has 2 atom stereocenters. The van der Waals surface area contributed by atoms with Crippen molar-refractivity contribution in [3.63, 3.8) is 0 Å². The Labute approximate surface area is 177 Å². The molecule has 0 bridgehead atoms. The third-order valence-electron chi connectivity index (χ3n) is 5.93. The van der Waals surface area contributed by atoms with E-state index in [4.69, 9.17) is 4.74 Å². The van der Waals surface area contributed by atoms with E-state index in [-0.39, 0.29) is 17.9 Å². The van der Waals surface area contributed by atoms with Gasteiger partial charge < -0.3 is 9.64 Å². The third-order valence-corrected chi connectivity index (χ3v) is 5.93. The van der Waals surface area contributed by atoms with Gasteiger partial charge in [-0.15, -0.1) is 0 Å². The maximum absolute atomic E-state index is 13.7. The quantitative estimate of drug-likeness (QED) is 0.655. The molecule has 2 aliphatic rings. The minimum atomic E-state index is 0.00874. The lowest BCUT2D eigenvalue weighted by molar-refractivity contribution is 0.0765. The Kier molecular flexibility index (Phi) is 4.58. The molecule has 5 rings (SSSR count). The van der Waals surface area contributed by atoms with Crippen LogP contribution in [0.3, 0.4) is 0 Å². The van der Waals surface area contributed by atoms with Gasteiger partial charge >= 0.3 is 0 Å². The average molecular weight is 399 g/mol. The average Bonchev–Trinajstić information content (AvgIpc) is 3.19. The molecule has 152 valence electrons. The van der Waals surface area contributed by atoms with Crippen molar-refractivity contribution < 1.29 is 9.53 Å². The predicted molar refractivity (Wildman–Crippen MR) is 119 cm³/mol. The van der Waals surface area contributed by atoms with Gasteiger partial charge in [0.15, 0.2) is 0 Å². The highest BCUT2D eigenvalue weighted by Crippen LogP contribution is 2.46. The van der Waals surface area contributed by atoms with Crippen molar-refractivity contribution in [1.82, 2.24) is 5.01 Å². The summed E-state index contributed by atoms with van der Waals surface area (Å²) < 4.78 is 6.03. The van der Waals surface area contributed by atoms with Gasteiger partial charge in [0.2, 0.25) is 0 Å². The summed E-state index contributed by atoms with van der Waals surface area (Å²) in [6, 6.07) is 26.2. The Morgan fingerprint density at radius 3 is 2.53 bits per heavy atom. The second-order valence-electron chi connectivity index (χ2n) is 8.07. The van der Waals surface area contributed by atoms with E-state index in [1.807, 2.05) is 84.7 Å². The fraction of sp³-hybridized carbons (Fsp3) is 0.240. The molecule has 3 aromatic carbocycles. The smallest absolute Gasteiger partial charge is 0.272 e. The number of rotatable bonds is 3. The van der Waals surface area contributed by atoms with Crippen molar-refractivity contribution in [2.75, 3.05) is 37.2 Å². The number of hydrogen-bond donors (Lipinski definition) is 0. The first-order valence-electron chi connectivity index (χ1n) is 10.3. The molecule has 0 N–H and O–H groups in total. The van der Waals surface area contributed by atoms with Crippen molar-refractivity contribution >= 4 is 17.3 Å². The van der Waals surface area contributed by atoms with Crippen LogP contribution in [-0.4, -0.2) is 38.2 Å². The number of nitrogens with zero attached hydrogens (tertiary/aromatic N) is 3. The zero-order valence-corrected chi connectivity index (χ0v) is 17.2. The molecule has 30 heavy (non-hydrogen) atoms. The number of fused-ring (bicyclic) bond motifs is 3. The highest BCUT2D eigenvalue weighted by Gasteiger charge is 2.46. The summed E-state index contributed by atoms with van der Waals surface area (Å²) in [5, 5.41) is 4.06. The van der Waals surface area contributed by atoms with E-state index in [2.05, 4.69) is 23.2 Å². The summed E-state index contributed by atoms with van der Waals surface area (Å²) in [5.74, 6) is 1.12. The Hall–Kier alpha value is -3.47. The summed E-state index contributed by atoms with van der Waals surface area (Å²) in [4.78, 5) is 15.7. The second-order valence-corrected chi connectivity index (χ2v) is 8.07. The fourth-order valence-corrected chi connectivity index (χ4v) is 4.47. The van der Waals surface area contributed by atoms with Gasteiger partial charge in [-0.25, -0.2) is 5.01 Å². The first kappa shape index (κ1) is 18.6. The lowest BCUT2D eigenvalue weighted by Crippen LogP contribution is -2.42. The molecule has 2 aliphatic heterocycles. The van der Waals surface area contributed by atoms with Gasteiger partial charge in [-0.05, 0) is 36.4 Å². The molecular weight excluding hydrogens is 374 g/mol. The Morgan fingerprint density at radius 1 is 0.967 bits per heavy atom. The Balaban J connectivity index is 1.58. The summed E-state index contributed by atoms with van der Waals surface area (Å²) in [7, 11) is 3.97. The van der Waals surface area contributed by atoms with E-state index in [0.29, 0.717) is 18.7 Å². The molecule has 5 heteroatoms. The predicted octanol–water partition coefficient (Wildman–Crippen LogP) is 4.38. The standard InChI is InChI=1S/C25H25N3O2/c1-26(2)21-12-8-9-18(15-21)25(29)27-16-19-17-30-23-14-7-6-13-22(23)24(19)28(27)20-10-4-3-5-11-20/h3-15,19,24H,16-17H2,1-2H3/t19-,24-/m1/s1. The number of para-hydroxylation sites is 2. The molecule has 0 radical (unpaired) electrons. The maximum atomic E-state index is 13.7. The van der Waals surface area contributed by atoms with Crippen LogP contribution in [0, 0.1) is 5.92 Å². The van der Waals surface area contributed by atoms with Crippen LogP contribution in [0.25, 0.3) is 0 Å². The topological polar surface area (TPSA) is 36.0 Å². The van der Waals surface area contributed by atoms with E-state index in [0.717, 1.165) is 22.7 Å². The van der Waals surface area contributed by atoms with Crippen molar-refractivity contribution in [1.29, 1.82) is 0 Å². The second kappa shape index (κ2) is 7.41. The number of hydrogen-bond acceptors (Lipinski definition) is 4. The zero-order valence-electron chi connectivity index (χ0n) is 17.2. The zero-order chi connectivity index (χ0) is 20.7. The molecule has 0 aromatic heterocycles. The van der Waals surface area contributed by atoms with Crippen molar-refractivity contribution in [3.05, 3.63) is 90.0 Å². The molecule has 0 spiro atoms. The third kappa shape index (κ3) is 3.07.